The van der Waals surface area contributed by atoms with Gasteiger partial charge in [0.25, 0.3) is 11.4 Å². The first-order valence-corrected chi connectivity index (χ1v) is 10.5. The van der Waals surface area contributed by atoms with E-state index in [1.807, 2.05) is 0 Å². The number of aliphatic hydroxyl groups excluding tert-OH is 1. The molecule has 11 heteroatoms. The predicted molar refractivity (Wildman–Crippen MR) is 113 cm³/mol. The molecule has 1 unspecified atom stereocenters. The number of fused-ring (bicyclic) bond motifs is 3. The quantitative estimate of drug-likeness (QED) is 0.475. The Labute approximate surface area is 181 Å². The molecular weight excluding hydrogens is 419 g/mol. The molecule has 5 rings (SSSR count). The molecule has 1 aliphatic heterocycles. The van der Waals surface area contributed by atoms with Gasteiger partial charge in [0.1, 0.15) is 23.2 Å². The second kappa shape index (κ2) is 8.41. The molecule has 1 aliphatic rings. The average molecular weight is 442 g/mol. The standard InChI is InChI=1S/C21H23FN6O4/c1-13(11-29)19-24-20(32-25-19)16-18-21(30)27(6-5-26-7-9-31-10-8-26)17-14(22)3-2-4-15(17)28(18)12-23-16/h2-4,12-13,29H,5-11H2,1H3. The maximum Gasteiger partial charge on any atom is 0.278 e. The van der Waals surface area contributed by atoms with Crippen LogP contribution in [0.5, 0.6) is 0 Å². The van der Waals surface area contributed by atoms with Crippen LogP contribution in [0, 0.1) is 5.82 Å². The van der Waals surface area contributed by atoms with Crippen molar-refractivity contribution < 1.29 is 18.8 Å². The summed E-state index contributed by atoms with van der Waals surface area (Å²) in [6.07, 6.45) is 1.46. The van der Waals surface area contributed by atoms with E-state index in [0.717, 1.165) is 13.1 Å². The number of hydrogen-bond donors (Lipinski definition) is 1. The summed E-state index contributed by atoms with van der Waals surface area (Å²) in [5, 5.41) is 13.2. The van der Waals surface area contributed by atoms with Crippen LogP contribution in [-0.2, 0) is 11.3 Å². The van der Waals surface area contributed by atoms with Gasteiger partial charge >= 0.3 is 0 Å². The average Bonchev–Trinajstić information content (AvgIpc) is 3.47. The van der Waals surface area contributed by atoms with Crippen molar-refractivity contribution in [3.05, 3.63) is 46.5 Å². The molecule has 1 N–H and O–H groups in total. The fourth-order valence-corrected chi connectivity index (χ4v) is 3.98. The molecule has 4 heterocycles. The van der Waals surface area contributed by atoms with Crippen molar-refractivity contribution in [1.29, 1.82) is 0 Å². The number of benzene rings is 1. The van der Waals surface area contributed by atoms with Crippen molar-refractivity contribution in [3.8, 4) is 11.6 Å². The highest BCUT2D eigenvalue weighted by atomic mass is 19.1. The highest BCUT2D eigenvalue weighted by Crippen LogP contribution is 2.25. The van der Waals surface area contributed by atoms with Gasteiger partial charge in [-0.2, -0.15) is 4.98 Å². The third-order valence-electron chi connectivity index (χ3n) is 5.81. The highest BCUT2D eigenvalue weighted by Gasteiger charge is 2.23. The fraction of sp³-hybridized carbons (Fsp3) is 0.429. The second-order valence-corrected chi connectivity index (χ2v) is 7.87. The Bertz CT molecular complexity index is 1320. The fourth-order valence-electron chi connectivity index (χ4n) is 3.98. The molecule has 1 aromatic carbocycles. The van der Waals surface area contributed by atoms with E-state index in [0.29, 0.717) is 37.6 Å². The first-order chi connectivity index (χ1) is 15.6. The molecule has 1 fully saturated rings. The van der Waals surface area contributed by atoms with Crippen molar-refractivity contribution in [2.75, 3.05) is 39.5 Å². The lowest BCUT2D eigenvalue weighted by Crippen LogP contribution is -2.39. The molecule has 32 heavy (non-hydrogen) atoms. The molecule has 0 saturated carbocycles. The van der Waals surface area contributed by atoms with E-state index in [2.05, 4.69) is 20.0 Å². The smallest absolute Gasteiger partial charge is 0.278 e. The molecular formula is C21H23FN6O4. The minimum absolute atomic E-state index is 0.0791. The Morgan fingerprint density at radius 3 is 2.81 bits per heavy atom. The minimum atomic E-state index is -0.476. The zero-order chi connectivity index (χ0) is 22.2. The Morgan fingerprint density at radius 1 is 1.22 bits per heavy atom. The van der Waals surface area contributed by atoms with Crippen molar-refractivity contribution in [3.63, 3.8) is 0 Å². The number of rotatable bonds is 6. The molecule has 0 bridgehead atoms. The normalized spacial score (nSPS) is 16.2. The predicted octanol–water partition coefficient (Wildman–Crippen LogP) is 1.27. The number of para-hydroxylation sites is 1. The summed E-state index contributed by atoms with van der Waals surface area (Å²) >= 11 is 0. The molecule has 1 atom stereocenters. The van der Waals surface area contributed by atoms with E-state index >= 15 is 0 Å². The van der Waals surface area contributed by atoms with Gasteiger partial charge in [-0.1, -0.05) is 18.1 Å². The van der Waals surface area contributed by atoms with Gasteiger partial charge in [0.15, 0.2) is 11.5 Å². The largest absolute Gasteiger partial charge is 0.396 e. The number of imidazole rings is 1. The van der Waals surface area contributed by atoms with Gasteiger partial charge in [-0.3, -0.25) is 14.1 Å². The maximum absolute atomic E-state index is 14.9. The summed E-state index contributed by atoms with van der Waals surface area (Å²) in [4.78, 5) is 24.4. The zero-order valence-corrected chi connectivity index (χ0v) is 17.6. The van der Waals surface area contributed by atoms with E-state index < -0.39 is 11.4 Å². The molecule has 168 valence electrons. The van der Waals surface area contributed by atoms with E-state index in [-0.39, 0.29) is 35.1 Å². The van der Waals surface area contributed by atoms with Gasteiger partial charge in [-0.15, -0.1) is 0 Å². The number of nitrogens with zero attached hydrogens (tertiary/aromatic N) is 6. The number of ether oxygens (including phenoxy) is 1. The number of hydrogen-bond acceptors (Lipinski definition) is 8. The van der Waals surface area contributed by atoms with Gasteiger partial charge in [0, 0.05) is 32.1 Å². The Kier molecular flexibility index (Phi) is 5.45. The van der Waals surface area contributed by atoms with Crippen LogP contribution in [0.25, 0.3) is 28.1 Å². The van der Waals surface area contributed by atoms with Crippen molar-refractivity contribution in [2.45, 2.75) is 19.4 Å². The van der Waals surface area contributed by atoms with Crippen LogP contribution >= 0.6 is 0 Å². The van der Waals surface area contributed by atoms with Crippen LogP contribution in [0.2, 0.25) is 0 Å². The molecule has 0 aliphatic carbocycles. The van der Waals surface area contributed by atoms with Gasteiger partial charge in [-0.05, 0) is 12.1 Å². The van der Waals surface area contributed by atoms with Crippen LogP contribution < -0.4 is 5.56 Å². The van der Waals surface area contributed by atoms with E-state index in [4.69, 9.17) is 9.26 Å². The lowest BCUT2D eigenvalue weighted by atomic mass is 10.2. The van der Waals surface area contributed by atoms with E-state index in [9.17, 15) is 14.3 Å². The van der Waals surface area contributed by atoms with Crippen LogP contribution in [-0.4, -0.2) is 73.6 Å². The van der Waals surface area contributed by atoms with Gasteiger partial charge in [0.05, 0.1) is 25.3 Å². The topological polar surface area (TPSA) is 111 Å². The number of aliphatic hydroxyl groups is 1. The van der Waals surface area contributed by atoms with E-state index in [1.165, 1.54) is 17.0 Å². The monoisotopic (exact) mass is 442 g/mol. The maximum atomic E-state index is 14.9. The Morgan fingerprint density at radius 2 is 2.03 bits per heavy atom. The first kappa shape index (κ1) is 20.7. The summed E-state index contributed by atoms with van der Waals surface area (Å²) in [6, 6.07) is 4.69. The van der Waals surface area contributed by atoms with Gasteiger partial charge in [0.2, 0.25) is 0 Å². The number of halogens is 1. The third kappa shape index (κ3) is 3.48. The van der Waals surface area contributed by atoms with Gasteiger partial charge in [-0.25, -0.2) is 9.37 Å². The third-order valence-corrected chi connectivity index (χ3v) is 5.81. The highest BCUT2D eigenvalue weighted by molar-refractivity contribution is 5.83. The number of morpholine rings is 1. The summed E-state index contributed by atoms with van der Waals surface area (Å²) in [7, 11) is 0. The molecule has 3 aromatic heterocycles. The molecule has 1 saturated heterocycles. The van der Waals surface area contributed by atoms with Crippen LogP contribution in [0.15, 0.2) is 33.8 Å². The van der Waals surface area contributed by atoms with E-state index in [1.54, 1.807) is 23.5 Å². The molecule has 0 spiro atoms. The van der Waals surface area contributed by atoms with Crippen molar-refractivity contribution in [2.24, 2.45) is 0 Å². The number of aromatic nitrogens is 5. The minimum Gasteiger partial charge on any atom is -0.396 e. The van der Waals surface area contributed by atoms with Crippen LogP contribution in [0.3, 0.4) is 0 Å². The Hall–Kier alpha value is -3.15. The first-order valence-electron chi connectivity index (χ1n) is 10.5. The molecule has 10 nitrogen and oxygen atoms in total. The van der Waals surface area contributed by atoms with Gasteiger partial charge < -0.3 is 18.9 Å². The summed E-state index contributed by atoms with van der Waals surface area (Å²) in [5.74, 6) is -0.393. The lowest BCUT2D eigenvalue weighted by Gasteiger charge is -2.27. The molecule has 4 aromatic rings. The SMILES string of the molecule is CC(CO)c1noc(-c2ncn3c2c(=O)n(CCN2CCOCC2)c2c(F)cccc23)n1. The van der Waals surface area contributed by atoms with Crippen molar-refractivity contribution in [1.82, 2.24) is 29.0 Å². The Balaban J connectivity index is 1.66. The van der Waals surface area contributed by atoms with Crippen molar-refractivity contribution >= 4 is 16.6 Å². The molecule has 0 amide bonds. The lowest BCUT2D eigenvalue weighted by molar-refractivity contribution is 0.0364. The summed E-state index contributed by atoms with van der Waals surface area (Å²) in [5.41, 5.74) is 0.812. The molecule has 0 radical (unpaired) electrons. The zero-order valence-electron chi connectivity index (χ0n) is 17.6. The second-order valence-electron chi connectivity index (χ2n) is 7.87. The summed E-state index contributed by atoms with van der Waals surface area (Å²) in [6.45, 7) is 5.34. The summed E-state index contributed by atoms with van der Waals surface area (Å²) < 4.78 is 28.6. The van der Waals surface area contributed by atoms with Crippen LogP contribution in [0.4, 0.5) is 4.39 Å². The van der Waals surface area contributed by atoms with Crippen LogP contribution in [0.1, 0.15) is 18.7 Å².